The van der Waals surface area contributed by atoms with E-state index in [4.69, 9.17) is 0 Å². The molecule has 22 heavy (non-hydrogen) atoms. The molecule has 0 aliphatic carbocycles. The van der Waals surface area contributed by atoms with Gasteiger partial charge in [-0.25, -0.2) is 9.97 Å². The van der Waals surface area contributed by atoms with Crippen LogP contribution in [0.25, 0.3) is 10.0 Å². The van der Waals surface area contributed by atoms with Crippen molar-refractivity contribution in [3.8, 4) is 32.9 Å². The third-order valence-corrected chi connectivity index (χ3v) is 6.03. The number of hydrogen-bond donors (Lipinski definition) is 0. The van der Waals surface area contributed by atoms with Crippen LogP contribution in [0.15, 0.2) is 12.4 Å². The fourth-order valence-electron chi connectivity index (χ4n) is 1.36. The van der Waals surface area contributed by atoms with Gasteiger partial charge in [0.15, 0.2) is 10.0 Å². The smallest absolute Gasteiger partial charge is 0.153 e. The first-order valence-corrected chi connectivity index (χ1v) is 15.7. The number of rotatable bonds is 1. The molecular weight excluding hydrogens is 340 g/mol. The second-order valence-corrected chi connectivity index (χ2v) is 18.6. The normalized spacial score (nSPS) is 11.4. The third-order valence-electron chi connectivity index (χ3n) is 2.32. The van der Waals surface area contributed by atoms with Crippen molar-refractivity contribution in [1.82, 2.24) is 9.97 Å². The second-order valence-electron chi connectivity index (χ2n) is 7.06. The van der Waals surface area contributed by atoms with Crippen LogP contribution < -0.4 is 0 Å². The van der Waals surface area contributed by atoms with Crippen molar-refractivity contribution in [3.05, 3.63) is 22.1 Å². The number of aromatic nitrogens is 2. The molecule has 0 N–H and O–H groups in total. The topological polar surface area (TPSA) is 25.8 Å². The summed E-state index contributed by atoms with van der Waals surface area (Å²) in [6, 6.07) is 0. The summed E-state index contributed by atoms with van der Waals surface area (Å²) in [7, 11) is -2.69. The van der Waals surface area contributed by atoms with E-state index in [1.165, 1.54) is 0 Å². The molecule has 0 atom stereocenters. The summed E-state index contributed by atoms with van der Waals surface area (Å²) in [6.45, 7) is 13.5. The minimum Gasteiger partial charge on any atom is -0.241 e. The van der Waals surface area contributed by atoms with Gasteiger partial charge in [0, 0.05) is 0 Å². The quantitative estimate of drug-likeness (QED) is 0.543. The standard InChI is InChI=1S/C16H20N2S2Si2/c1-21(2,3)9-7-13-11-17-15(19-13)16-18-12-14(20-16)8-10-22(4,5)6/h11-12H,1-6H3. The number of hydrogen-bond acceptors (Lipinski definition) is 4. The molecule has 0 saturated heterocycles. The Bertz CT molecular complexity index is 716. The maximum Gasteiger partial charge on any atom is 0.153 e. The van der Waals surface area contributed by atoms with Crippen molar-refractivity contribution in [2.24, 2.45) is 0 Å². The van der Waals surface area contributed by atoms with Crippen molar-refractivity contribution in [1.29, 1.82) is 0 Å². The number of nitrogens with zero attached hydrogens (tertiary/aromatic N) is 2. The predicted molar refractivity (Wildman–Crippen MR) is 104 cm³/mol. The molecule has 0 unspecified atom stereocenters. The molecule has 114 valence electrons. The van der Waals surface area contributed by atoms with Crippen LogP contribution in [-0.2, 0) is 0 Å². The van der Waals surface area contributed by atoms with E-state index in [1.807, 2.05) is 12.4 Å². The van der Waals surface area contributed by atoms with Crippen molar-refractivity contribution >= 4 is 38.8 Å². The van der Waals surface area contributed by atoms with Crippen molar-refractivity contribution in [2.75, 3.05) is 0 Å². The van der Waals surface area contributed by atoms with Crippen LogP contribution in [0, 0.1) is 22.9 Å². The maximum absolute atomic E-state index is 4.45. The van der Waals surface area contributed by atoms with Crippen LogP contribution >= 0.6 is 22.7 Å². The van der Waals surface area contributed by atoms with Crippen LogP contribution in [0.3, 0.4) is 0 Å². The first-order chi connectivity index (χ1) is 10.1. The van der Waals surface area contributed by atoms with E-state index in [0.29, 0.717) is 0 Å². The molecule has 0 aliphatic heterocycles. The van der Waals surface area contributed by atoms with Gasteiger partial charge in [-0.05, 0) is 0 Å². The Balaban J connectivity index is 2.20. The largest absolute Gasteiger partial charge is 0.241 e. The van der Waals surface area contributed by atoms with Crippen LogP contribution in [0.2, 0.25) is 39.3 Å². The Kier molecular flexibility index (Phi) is 5.08. The third kappa shape index (κ3) is 5.54. The van der Waals surface area contributed by atoms with Gasteiger partial charge in [-0.2, -0.15) is 0 Å². The average molecular weight is 361 g/mol. The molecule has 2 aromatic heterocycles. The molecule has 2 nitrogen and oxygen atoms in total. The van der Waals surface area contributed by atoms with Gasteiger partial charge in [0.05, 0.1) is 22.1 Å². The molecule has 0 amide bonds. The van der Waals surface area contributed by atoms with E-state index in [9.17, 15) is 0 Å². The zero-order valence-electron chi connectivity index (χ0n) is 13.9. The Morgan fingerprint density at radius 3 is 1.41 bits per heavy atom. The molecule has 0 spiro atoms. The minimum atomic E-state index is -1.34. The fourth-order valence-corrected chi connectivity index (χ4v) is 4.13. The molecule has 6 heteroatoms. The van der Waals surface area contributed by atoms with Crippen molar-refractivity contribution in [2.45, 2.75) is 39.3 Å². The summed E-state index contributed by atoms with van der Waals surface area (Å²) in [5.41, 5.74) is 6.74. The summed E-state index contributed by atoms with van der Waals surface area (Å²) in [5.74, 6) is 6.50. The van der Waals surface area contributed by atoms with Gasteiger partial charge in [-0.15, -0.1) is 33.8 Å². The SMILES string of the molecule is C[Si](C)(C)C#Cc1cnc(-c2ncc(C#C[Si](C)(C)C)s2)s1. The zero-order valence-corrected chi connectivity index (χ0v) is 17.5. The molecule has 0 fully saturated rings. The molecule has 0 bridgehead atoms. The zero-order chi connectivity index (χ0) is 16.4. The highest BCUT2D eigenvalue weighted by molar-refractivity contribution is 7.22. The van der Waals surface area contributed by atoms with E-state index < -0.39 is 16.1 Å². The van der Waals surface area contributed by atoms with Gasteiger partial charge in [0.1, 0.15) is 16.1 Å². The lowest BCUT2D eigenvalue weighted by Gasteiger charge is -2.02. The molecule has 0 radical (unpaired) electrons. The molecule has 0 saturated carbocycles. The van der Waals surface area contributed by atoms with E-state index >= 15 is 0 Å². The molecular formula is C16H20N2S2Si2. The van der Waals surface area contributed by atoms with Crippen LogP contribution in [0.4, 0.5) is 0 Å². The predicted octanol–water partition coefficient (Wildman–Crippen LogP) is 4.72. The molecule has 0 aromatic carbocycles. The van der Waals surface area contributed by atoms with Gasteiger partial charge < -0.3 is 0 Å². The Morgan fingerprint density at radius 1 is 0.727 bits per heavy atom. The average Bonchev–Trinajstić information content (AvgIpc) is 3.01. The monoisotopic (exact) mass is 360 g/mol. The van der Waals surface area contributed by atoms with E-state index in [1.54, 1.807) is 22.7 Å². The van der Waals surface area contributed by atoms with Gasteiger partial charge in [-0.1, -0.05) is 51.1 Å². The molecule has 2 rings (SSSR count). The van der Waals surface area contributed by atoms with E-state index in [2.05, 4.69) is 72.2 Å². The van der Waals surface area contributed by atoms with Crippen molar-refractivity contribution in [3.63, 3.8) is 0 Å². The molecule has 2 heterocycles. The molecule has 0 aliphatic rings. The molecule has 2 aromatic rings. The highest BCUT2D eigenvalue weighted by Gasteiger charge is 2.11. The lowest BCUT2D eigenvalue weighted by Crippen LogP contribution is -2.16. The fraction of sp³-hybridized carbons (Fsp3) is 0.375. The maximum atomic E-state index is 4.45. The number of thiazole rings is 2. The lowest BCUT2D eigenvalue weighted by molar-refractivity contribution is 1.35. The van der Waals surface area contributed by atoms with Gasteiger partial charge in [-0.3, -0.25) is 0 Å². The van der Waals surface area contributed by atoms with Gasteiger partial charge in [0.25, 0.3) is 0 Å². The first-order valence-electron chi connectivity index (χ1n) is 7.11. The summed E-state index contributed by atoms with van der Waals surface area (Å²) in [6.07, 6.45) is 3.70. The Morgan fingerprint density at radius 2 is 1.09 bits per heavy atom. The van der Waals surface area contributed by atoms with Gasteiger partial charge in [0.2, 0.25) is 0 Å². The second kappa shape index (κ2) is 6.51. The lowest BCUT2D eigenvalue weighted by atomic mass is 10.6. The Hall–Kier alpha value is -1.19. The van der Waals surface area contributed by atoms with Crippen molar-refractivity contribution < 1.29 is 0 Å². The summed E-state index contributed by atoms with van der Waals surface area (Å²) < 4.78 is 0. The van der Waals surface area contributed by atoms with E-state index in [-0.39, 0.29) is 0 Å². The highest BCUT2D eigenvalue weighted by atomic mass is 32.1. The first kappa shape index (κ1) is 17.2. The summed E-state index contributed by atoms with van der Waals surface area (Å²) in [4.78, 5) is 10.9. The summed E-state index contributed by atoms with van der Waals surface area (Å²) in [5, 5.41) is 1.87. The van der Waals surface area contributed by atoms with Crippen LogP contribution in [-0.4, -0.2) is 26.1 Å². The van der Waals surface area contributed by atoms with E-state index in [0.717, 1.165) is 19.8 Å². The summed E-state index contributed by atoms with van der Waals surface area (Å²) >= 11 is 3.22. The van der Waals surface area contributed by atoms with Gasteiger partial charge >= 0.3 is 0 Å². The highest BCUT2D eigenvalue weighted by Crippen LogP contribution is 2.28. The Labute approximate surface area is 143 Å². The minimum absolute atomic E-state index is 0.936. The van der Waals surface area contributed by atoms with Crippen LogP contribution in [0.1, 0.15) is 9.75 Å². The van der Waals surface area contributed by atoms with Crippen LogP contribution in [0.5, 0.6) is 0 Å².